The topological polar surface area (TPSA) is 63.4 Å². The van der Waals surface area contributed by atoms with Crippen LogP contribution in [0.2, 0.25) is 0 Å². The van der Waals surface area contributed by atoms with Crippen LogP contribution in [0.1, 0.15) is 44.1 Å². The predicted octanol–water partition coefficient (Wildman–Crippen LogP) is 4.24. The summed E-state index contributed by atoms with van der Waals surface area (Å²) in [5, 5.41) is 2.07. The maximum atomic E-state index is 12.7. The average molecular weight is 397 g/mol. The van der Waals surface area contributed by atoms with Crippen molar-refractivity contribution in [1.29, 1.82) is 0 Å². The maximum Gasteiger partial charge on any atom is 0.225 e. The normalized spacial score (nSPS) is 22.6. The minimum Gasteiger partial charge on any atom is -0.369 e. The highest BCUT2D eigenvalue weighted by Crippen LogP contribution is 2.36. The van der Waals surface area contributed by atoms with Crippen molar-refractivity contribution in [2.45, 2.75) is 44.9 Å². The number of benzene rings is 1. The summed E-state index contributed by atoms with van der Waals surface area (Å²) in [5.41, 5.74) is 7.48. The molecule has 1 saturated carbocycles. The molecule has 2 heterocycles. The molecule has 1 unspecified atom stereocenters. The van der Waals surface area contributed by atoms with E-state index in [0.717, 1.165) is 18.4 Å². The number of hydrogen-bond donors (Lipinski definition) is 1. The number of nitrogens with two attached hydrogens (primary N) is 1. The van der Waals surface area contributed by atoms with Crippen LogP contribution in [0.25, 0.3) is 10.4 Å². The molecule has 2 N–H and O–H groups in total. The van der Waals surface area contributed by atoms with E-state index in [0.29, 0.717) is 38.3 Å². The summed E-state index contributed by atoms with van der Waals surface area (Å²) in [6.07, 6.45) is 6.69. The lowest BCUT2D eigenvalue weighted by Crippen LogP contribution is -2.42. The van der Waals surface area contributed by atoms with E-state index in [1.54, 1.807) is 11.3 Å². The third kappa shape index (κ3) is 4.00. The first kappa shape index (κ1) is 19.2. The van der Waals surface area contributed by atoms with E-state index in [4.69, 9.17) is 5.73 Å². The number of rotatable bonds is 6. The molecule has 2 fully saturated rings. The van der Waals surface area contributed by atoms with Gasteiger partial charge in [0.15, 0.2) is 0 Å². The highest BCUT2D eigenvalue weighted by Gasteiger charge is 2.44. The molecular weight excluding hydrogens is 368 g/mol. The molecule has 0 spiro atoms. The van der Waals surface area contributed by atoms with Crippen LogP contribution in [0.4, 0.5) is 0 Å². The van der Waals surface area contributed by atoms with Crippen LogP contribution in [0.5, 0.6) is 0 Å². The average Bonchev–Trinajstić information content (AvgIpc) is 3.45. The van der Waals surface area contributed by atoms with Crippen molar-refractivity contribution in [3.63, 3.8) is 0 Å². The summed E-state index contributed by atoms with van der Waals surface area (Å²) in [7, 11) is 0. The minimum atomic E-state index is -0.643. The Labute approximate surface area is 170 Å². The van der Waals surface area contributed by atoms with Gasteiger partial charge in [-0.05, 0) is 54.2 Å². The second kappa shape index (κ2) is 8.08. The van der Waals surface area contributed by atoms with E-state index in [1.807, 2.05) is 11.0 Å². The molecule has 2 aliphatic rings. The molecule has 1 atom stereocenters. The molecule has 2 amide bonds. The Morgan fingerprint density at radius 3 is 2.54 bits per heavy atom. The fourth-order valence-corrected chi connectivity index (χ4v) is 5.46. The number of likely N-dealkylation sites (tertiary alicyclic amines) is 1. The summed E-state index contributed by atoms with van der Waals surface area (Å²) >= 11 is 1.72. The van der Waals surface area contributed by atoms with Crippen LogP contribution in [-0.2, 0) is 16.0 Å². The van der Waals surface area contributed by atoms with Gasteiger partial charge in [0, 0.05) is 24.4 Å². The number of amides is 2. The molecular formula is C23H28N2O2S. The highest BCUT2D eigenvalue weighted by atomic mass is 32.1. The Bertz CT molecular complexity index is 825. The van der Waals surface area contributed by atoms with Crippen molar-refractivity contribution in [2.75, 3.05) is 13.1 Å². The van der Waals surface area contributed by atoms with Gasteiger partial charge in [-0.2, -0.15) is 0 Å². The number of carbonyl (C=O) groups excluding carboxylic acids is 2. The molecule has 0 radical (unpaired) electrons. The molecule has 0 bridgehead atoms. The van der Waals surface area contributed by atoms with Crippen molar-refractivity contribution < 1.29 is 9.59 Å². The van der Waals surface area contributed by atoms with Gasteiger partial charge in [0.05, 0.1) is 5.41 Å². The molecule has 1 aromatic heterocycles. The lowest BCUT2D eigenvalue weighted by atomic mass is 9.80. The fourth-order valence-electron chi connectivity index (χ4n) is 4.73. The lowest BCUT2D eigenvalue weighted by Gasteiger charge is -2.26. The van der Waals surface area contributed by atoms with Gasteiger partial charge < -0.3 is 10.6 Å². The Hall–Kier alpha value is -2.14. The maximum absolute atomic E-state index is 12.7. The van der Waals surface area contributed by atoms with Crippen LogP contribution < -0.4 is 5.73 Å². The van der Waals surface area contributed by atoms with E-state index in [-0.39, 0.29) is 11.8 Å². The van der Waals surface area contributed by atoms with Gasteiger partial charge in [-0.15, -0.1) is 11.3 Å². The SMILES string of the molecule is NC(=O)C1(Cc2ccc(-c3cccs3)cc2)CCN(C(=O)CC2CCCC2)C1. The van der Waals surface area contributed by atoms with E-state index in [1.165, 1.54) is 23.3 Å². The summed E-state index contributed by atoms with van der Waals surface area (Å²) in [6, 6.07) is 12.5. The zero-order chi connectivity index (χ0) is 19.6. The number of nitrogens with zero attached hydrogens (tertiary/aromatic N) is 1. The Morgan fingerprint density at radius 1 is 1.14 bits per heavy atom. The summed E-state index contributed by atoms with van der Waals surface area (Å²) in [6.45, 7) is 1.10. The van der Waals surface area contributed by atoms with Crippen LogP contribution in [0.3, 0.4) is 0 Å². The molecule has 4 nitrogen and oxygen atoms in total. The molecule has 148 valence electrons. The molecule has 28 heavy (non-hydrogen) atoms. The Kier molecular flexibility index (Phi) is 5.54. The van der Waals surface area contributed by atoms with E-state index < -0.39 is 5.41 Å². The van der Waals surface area contributed by atoms with Crippen molar-refractivity contribution in [1.82, 2.24) is 4.90 Å². The Balaban J connectivity index is 1.43. The molecule has 1 aromatic carbocycles. The molecule has 1 saturated heterocycles. The van der Waals surface area contributed by atoms with Crippen LogP contribution in [-0.4, -0.2) is 29.8 Å². The minimum absolute atomic E-state index is 0.197. The van der Waals surface area contributed by atoms with E-state index >= 15 is 0 Å². The van der Waals surface area contributed by atoms with Gasteiger partial charge in [-0.1, -0.05) is 43.2 Å². The van der Waals surface area contributed by atoms with Crippen LogP contribution in [0.15, 0.2) is 41.8 Å². The van der Waals surface area contributed by atoms with E-state index in [2.05, 4.69) is 35.7 Å². The standard InChI is InChI=1S/C23H28N2O2S/c24-22(27)23(11-12-25(16-23)21(26)14-17-4-1-2-5-17)15-18-7-9-19(10-8-18)20-6-3-13-28-20/h3,6-10,13,17H,1-2,4-5,11-12,14-16H2,(H2,24,27). The monoisotopic (exact) mass is 396 g/mol. The zero-order valence-electron chi connectivity index (χ0n) is 16.2. The van der Waals surface area contributed by atoms with Crippen LogP contribution >= 0.6 is 11.3 Å². The first-order chi connectivity index (χ1) is 13.6. The summed E-state index contributed by atoms with van der Waals surface area (Å²) in [5.74, 6) is 0.440. The van der Waals surface area contributed by atoms with Gasteiger partial charge >= 0.3 is 0 Å². The zero-order valence-corrected chi connectivity index (χ0v) is 17.0. The number of hydrogen-bond acceptors (Lipinski definition) is 3. The van der Waals surface area contributed by atoms with Crippen molar-refractivity contribution >= 4 is 23.2 Å². The smallest absolute Gasteiger partial charge is 0.225 e. The van der Waals surface area contributed by atoms with Gasteiger partial charge in [0.2, 0.25) is 11.8 Å². The summed E-state index contributed by atoms with van der Waals surface area (Å²) < 4.78 is 0. The number of thiophene rings is 1. The summed E-state index contributed by atoms with van der Waals surface area (Å²) in [4.78, 5) is 28.2. The van der Waals surface area contributed by atoms with Crippen molar-refractivity contribution in [3.05, 3.63) is 47.3 Å². The van der Waals surface area contributed by atoms with Gasteiger partial charge in [0.25, 0.3) is 0 Å². The van der Waals surface area contributed by atoms with Crippen molar-refractivity contribution in [2.24, 2.45) is 17.1 Å². The predicted molar refractivity (Wildman–Crippen MR) is 113 cm³/mol. The molecule has 1 aliphatic carbocycles. The molecule has 4 rings (SSSR count). The highest BCUT2D eigenvalue weighted by molar-refractivity contribution is 7.13. The van der Waals surface area contributed by atoms with Gasteiger partial charge in [-0.3, -0.25) is 9.59 Å². The van der Waals surface area contributed by atoms with E-state index in [9.17, 15) is 9.59 Å². The number of carbonyl (C=O) groups is 2. The largest absolute Gasteiger partial charge is 0.369 e. The second-order valence-corrected chi connectivity index (χ2v) is 9.36. The third-order valence-electron chi connectivity index (χ3n) is 6.47. The second-order valence-electron chi connectivity index (χ2n) is 8.42. The van der Waals surface area contributed by atoms with Gasteiger partial charge in [0.1, 0.15) is 0 Å². The lowest BCUT2D eigenvalue weighted by molar-refractivity contribution is -0.132. The molecule has 5 heteroatoms. The fraction of sp³-hybridized carbons (Fsp3) is 0.478. The first-order valence-corrected chi connectivity index (χ1v) is 11.1. The van der Waals surface area contributed by atoms with Crippen molar-refractivity contribution in [3.8, 4) is 10.4 Å². The number of primary amides is 1. The van der Waals surface area contributed by atoms with Crippen LogP contribution in [0, 0.1) is 11.3 Å². The quantitative estimate of drug-likeness (QED) is 0.794. The molecule has 1 aliphatic heterocycles. The molecule has 2 aromatic rings. The van der Waals surface area contributed by atoms with Gasteiger partial charge in [-0.25, -0.2) is 0 Å². The first-order valence-electron chi connectivity index (χ1n) is 10.3. The Morgan fingerprint density at radius 2 is 1.89 bits per heavy atom. The third-order valence-corrected chi connectivity index (χ3v) is 7.39.